The first-order valence-electron chi connectivity index (χ1n) is 10.3. The maximum Gasteiger partial charge on any atom is 0.337 e. The molecule has 1 atom stereocenters. The third kappa shape index (κ3) is 4.94. The normalized spacial score (nSPS) is 12.7. The summed E-state index contributed by atoms with van der Waals surface area (Å²) >= 11 is 3.31. The summed E-state index contributed by atoms with van der Waals surface area (Å²) < 4.78 is 6.98. The van der Waals surface area contributed by atoms with E-state index in [1.807, 2.05) is 39.0 Å². The van der Waals surface area contributed by atoms with Gasteiger partial charge in [0, 0.05) is 26.9 Å². The van der Waals surface area contributed by atoms with Crippen LogP contribution in [0.2, 0.25) is 0 Å². The Kier molecular flexibility index (Phi) is 7.25. The van der Waals surface area contributed by atoms with E-state index in [1.54, 1.807) is 37.3 Å². The zero-order valence-electron chi connectivity index (χ0n) is 18.8. The lowest BCUT2D eigenvalue weighted by Gasteiger charge is -2.20. The van der Waals surface area contributed by atoms with Crippen molar-refractivity contribution in [3.8, 4) is 12.3 Å². The monoisotopic (exact) mass is 505 g/mol. The van der Waals surface area contributed by atoms with Gasteiger partial charge in [-0.1, -0.05) is 34.0 Å². The SMILES string of the molecule is C#C/C=C\C(=C/C)c1oc2c(C(C)Nc3ccc(Br)cc3C(=O)O)cc(C)cc2c(=O)c1C. The van der Waals surface area contributed by atoms with Crippen molar-refractivity contribution in [1.82, 2.24) is 0 Å². The third-order valence-electron chi connectivity index (χ3n) is 5.37. The fraction of sp³-hybridized carbons (Fsp3) is 0.185. The minimum absolute atomic E-state index is 0.119. The maximum absolute atomic E-state index is 13.3. The molecule has 0 fully saturated rings. The number of terminal acetylenes is 1. The summed E-state index contributed by atoms with van der Waals surface area (Å²) in [6, 6.07) is 8.42. The van der Waals surface area contributed by atoms with E-state index >= 15 is 0 Å². The number of hydrogen-bond donors (Lipinski definition) is 2. The van der Waals surface area contributed by atoms with Gasteiger partial charge < -0.3 is 14.8 Å². The molecule has 3 rings (SSSR count). The highest BCUT2D eigenvalue weighted by atomic mass is 79.9. The molecule has 0 saturated carbocycles. The summed E-state index contributed by atoms with van der Waals surface area (Å²) in [5.74, 6) is 1.87. The van der Waals surface area contributed by atoms with Crippen LogP contribution in [0.4, 0.5) is 5.69 Å². The number of carboxylic acid groups (broad SMARTS) is 1. The number of rotatable bonds is 6. The number of allylic oxidation sites excluding steroid dienone is 4. The molecule has 5 nitrogen and oxygen atoms in total. The van der Waals surface area contributed by atoms with E-state index in [9.17, 15) is 14.7 Å². The van der Waals surface area contributed by atoms with Gasteiger partial charge in [-0.05, 0) is 69.7 Å². The molecule has 33 heavy (non-hydrogen) atoms. The Bertz CT molecular complexity index is 1410. The summed E-state index contributed by atoms with van der Waals surface area (Å²) in [5.41, 5.74) is 3.79. The number of carbonyl (C=O) groups is 1. The van der Waals surface area contributed by atoms with Crippen LogP contribution in [0.15, 0.2) is 62.2 Å². The number of hydrogen-bond acceptors (Lipinski definition) is 4. The van der Waals surface area contributed by atoms with E-state index in [4.69, 9.17) is 10.8 Å². The van der Waals surface area contributed by atoms with Gasteiger partial charge in [-0.15, -0.1) is 6.42 Å². The van der Waals surface area contributed by atoms with Crippen molar-refractivity contribution in [3.05, 3.63) is 91.3 Å². The van der Waals surface area contributed by atoms with Crippen molar-refractivity contribution in [2.45, 2.75) is 33.7 Å². The fourth-order valence-electron chi connectivity index (χ4n) is 3.74. The number of aryl methyl sites for hydroxylation is 1. The van der Waals surface area contributed by atoms with E-state index < -0.39 is 5.97 Å². The van der Waals surface area contributed by atoms with Crippen molar-refractivity contribution in [1.29, 1.82) is 0 Å². The maximum atomic E-state index is 13.3. The molecule has 1 unspecified atom stereocenters. The Morgan fingerprint density at radius 3 is 2.64 bits per heavy atom. The molecule has 0 spiro atoms. The summed E-state index contributed by atoms with van der Waals surface area (Å²) in [5, 5.41) is 13.3. The van der Waals surface area contributed by atoms with Crippen molar-refractivity contribution >= 4 is 44.1 Å². The first-order chi connectivity index (χ1) is 15.7. The number of carboxylic acids is 1. The summed E-state index contributed by atoms with van der Waals surface area (Å²) in [6.07, 6.45) is 10.5. The first-order valence-corrected chi connectivity index (χ1v) is 11.1. The minimum Gasteiger partial charge on any atom is -0.478 e. The van der Waals surface area contributed by atoms with Gasteiger partial charge >= 0.3 is 5.97 Å². The van der Waals surface area contributed by atoms with Gasteiger partial charge in [-0.3, -0.25) is 4.79 Å². The Morgan fingerprint density at radius 1 is 1.27 bits per heavy atom. The molecule has 0 bridgehead atoms. The number of nitrogens with one attached hydrogen (secondary N) is 1. The number of fused-ring (bicyclic) bond motifs is 1. The topological polar surface area (TPSA) is 79.5 Å². The van der Waals surface area contributed by atoms with Gasteiger partial charge in [0.15, 0.2) is 5.43 Å². The standard InChI is InChI=1S/C27H24BrNO4/c1-6-8-9-18(7-2)25-16(4)24(30)22-13-15(3)12-20(26(22)33-25)17(5)29-23-11-10-19(28)14-21(23)27(31)32/h1,7-14,17,29H,2-5H3,(H,31,32)/b9-8-,18-7+. The van der Waals surface area contributed by atoms with Crippen LogP contribution in [0.1, 0.15) is 52.7 Å². The van der Waals surface area contributed by atoms with E-state index in [1.165, 1.54) is 0 Å². The van der Waals surface area contributed by atoms with Gasteiger partial charge in [0.2, 0.25) is 0 Å². The van der Waals surface area contributed by atoms with Gasteiger partial charge in [-0.25, -0.2) is 4.79 Å². The minimum atomic E-state index is -1.04. The fourth-order valence-corrected chi connectivity index (χ4v) is 4.10. The Labute approximate surface area is 201 Å². The molecule has 0 aliphatic rings. The summed E-state index contributed by atoms with van der Waals surface area (Å²) in [6.45, 7) is 7.39. The second-order valence-corrected chi connectivity index (χ2v) is 8.64. The molecule has 1 aromatic heterocycles. The molecule has 0 amide bonds. The van der Waals surface area contributed by atoms with Crippen LogP contribution in [0.25, 0.3) is 16.5 Å². The third-order valence-corrected chi connectivity index (χ3v) is 5.87. The quantitative estimate of drug-likeness (QED) is 0.290. The highest BCUT2D eigenvalue weighted by molar-refractivity contribution is 9.10. The Hall–Kier alpha value is -3.56. The van der Waals surface area contributed by atoms with E-state index in [-0.39, 0.29) is 17.0 Å². The van der Waals surface area contributed by atoms with E-state index in [2.05, 4.69) is 27.2 Å². The molecule has 0 saturated heterocycles. The van der Waals surface area contributed by atoms with Crippen LogP contribution in [0, 0.1) is 26.2 Å². The smallest absolute Gasteiger partial charge is 0.337 e. The van der Waals surface area contributed by atoms with Crippen LogP contribution in [0.5, 0.6) is 0 Å². The van der Waals surface area contributed by atoms with Gasteiger partial charge in [0.25, 0.3) is 0 Å². The number of benzene rings is 2. The highest BCUT2D eigenvalue weighted by Crippen LogP contribution is 2.32. The van der Waals surface area contributed by atoms with E-state index in [0.717, 1.165) is 11.1 Å². The van der Waals surface area contributed by atoms with Crippen LogP contribution in [-0.4, -0.2) is 11.1 Å². The Morgan fingerprint density at radius 2 is 2.00 bits per heavy atom. The van der Waals surface area contributed by atoms with Crippen LogP contribution in [0.3, 0.4) is 0 Å². The average molecular weight is 506 g/mol. The lowest BCUT2D eigenvalue weighted by molar-refractivity contribution is 0.0698. The van der Waals surface area contributed by atoms with Crippen molar-refractivity contribution in [3.63, 3.8) is 0 Å². The van der Waals surface area contributed by atoms with Crippen LogP contribution >= 0.6 is 15.9 Å². The predicted octanol–water partition coefficient (Wildman–Crippen LogP) is 6.64. The molecule has 2 aromatic carbocycles. The number of anilines is 1. The lowest BCUT2D eigenvalue weighted by atomic mass is 9.98. The molecule has 0 aliphatic heterocycles. The predicted molar refractivity (Wildman–Crippen MR) is 137 cm³/mol. The van der Waals surface area contributed by atoms with Gasteiger partial charge in [-0.2, -0.15) is 0 Å². The number of halogens is 1. The first kappa shape index (κ1) is 24.1. The number of aromatic carboxylic acids is 1. The van der Waals surface area contributed by atoms with Crippen LogP contribution < -0.4 is 10.7 Å². The van der Waals surface area contributed by atoms with Gasteiger partial charge in [0.1, 0.15) is 11.3 Å². The molecule has 0 radical (unpaired) electrons. The van der Waals surface area contributed by atoms with Crippen LogP contribution in [-0.2, 0) is 0 Å². The van der Waals surface area contributed by atoms with E-state index in [0.29, 0.717) is 38.0 Å². The molecule has 1 heterocycles. The highest BCUT2D eigenvalue weighted by Gasteiger charge is 2.20. The second kappa shape index (κ2) is 9.93. The van der Waals surface area contributed by atoms with Gasteiger partial charge in [0.05, 0.1) is 17.0 Å². The second-order valence-electron chi connectivity index (χ2n) is 7.72. The molecule has 6 heteroatoms. The Balaban J connectivity index is 2.21. The average Bonchev–Trinajstić information content (AvgIpc) is 2.78. The largest absolute Gasteiger partial charge is 0.478 e. The summed E-state index contributed by atoms with van der Waals surface area (Å²) in [7, 11) is 0. The molecule has 168 valence electrons. The molecular weight excluding hydrogens is 482 g/mol. The van der Waals surface area contributed by atoms with Crippen molar-refractivity contribution in [2.75, 3.05) is 5.32 Å². The lowest BCUT2D eigenvalue weighted by Crippen LogP contribution is -2.14. The molecule has 3 aromatic rings. The van der Waals surface area contributed by atoms with Crippen molar-refractivity contribution < 1.29 is 14.3 Å². The molecule has 2 N–H and O–H groups in total. The summed E-state index contributed by atoms with van der Waals surface area (Å²) in [4.78, 5) is 25.0. The zero-order valence-corrected chi connectivity index (χ0v) is 20.4. The zero-order chi connectivity index (χ0) is 24.3. The molecular formula is C27H24BrNO4. The van der Waals surface area contributed by atoms with Crippen molar-refractivity contribution in [2.24, 2.45) is 0 Å². The molecule has 0 aliphatic carbocycles.